The quantitative estimate of drug-likeness (QED) is 0.523. The number of benzene rings is 2. The van der Waals surface area contributed by atoms with Gasteiger partial charge in [0.1, 0.15) is 0 Å². The molecule has 3 aromatic rings. The summed E-state index contributed by atoms with van der Waals surface area (Å²) in [7, 11) is -3.73. The van der Waals surface area contributed by atoms with Crippen molar-refractivity contribution in [1.29, 1.82) is 0 Å². The van der Waals surface area contributed by atoms with Gasteiger partial charge in [-0.05, 0) is 42.7 Å². The van der Waals surface area contributed by atoms with E-state index in [9.17, 15) is 13.2 Å². The summed E-state index contributed by atoms with van der Waals surface area (Å²) >= 11 is 1.69. The minimum absolute atomic E-state index is 0.125. The van der Waals surface area contributed by atoms with Crippen LogP contribution in [0.1, 0.15) is 33.5 Å². The van der Waals surface area contributed by atoms with Gasteiger partial charge in [0.25, 0.3) is 15.9 Å². The maximum absolute atomic E-state index is 13.4. The van der Waals surface area contributed by atoms with Gasteiger partial charge in [-0.15, -0.1) is 11.3 Å². The Balaban J connectivity index is 1.26. The largest absolute Gasteiger partial charge is 0.336 e. The fraction of sp³-hybridized carbons (Fsp3) is 0.360. The zero-order valence-electron chi connectivity index (χ0n) is 19.2. The average molecular weight is 497 g/mol. The molecule has 2 aliphatic rings. The van der Waals surface area contributed by atoms with Crippen molar-refractivity contribution in [1.82, 2.24) is 14.8 Å². The van der Waals surface area contributed by atoms with Crippen LogP contribution in [0.2, 0.25) is 0 Å². The van der Waals surface area contributed by atoms with Crippen molar-refractivity contribution in [3.05, 3.63) is 75.7 Å². The van der Waals surface area contributed by atoms with Gasteiger partial charge >= 0.3 is 0 Å². The van der Waals surface area contributed by atoms with E-state index in [-0.39, 0.29) is 10.8 Å². The molecule has 0 bridgehead atoms. The van der Waals surface area contributed by atoms with Gasteiger partial charge in [0, 0.05) is 50.2 Å². The van der Waals surface area contributed by atoms with Gasteiger partial charge in [-0.2, -0.15) is 0 Å². The molecule has 0 spiro atoms. The van der Waals surface area contributed by atoms with E-state index in [4.69, 9.17) is 0 Å². The highest BCUT2D eigenvalue weighted by Crippen LogP contribution is 2.32. The van der Waals surface area contributed by atoms with Crippen molar-refractivity contribution < 1.29 is 13.2 Å². The van der Waals surface area contributed by atoms with Gasteiger partial charge in [-0.25, -0.2) is 13.4 Å². The first-order valence-electron chi connectivity index (χ1n) is 11.6. The number of aryl methyl sites for hydroxylation is 1. The Bertz CT molecular complexity index is 1300. The zero-order valence-corrected chi connectivity index (χ0v) is 20.8. The van der Waals surface area contributed by atoms with E-state index in [1.165, 1.54) is 10.4 Å². The lowest BCUT2D eigenvalue weighted by Crippen LogP contribution is -2.48. The van der Waals surface area contributed by atoms with Crippen LogP contribution in [0.5, 0.6) is 0 Å². The topological polar surface area (TPSA) is 73.8 Å². The highest BCUT2D eigenvalue weighted by atomic mass is 32.2. The third-order valence-corrected chi connectivity index (χ3v) is 9.31. The molecule has 1 saturated heterocycles. The van der Waals surface area contributed by atoms with E-state index in [0.717, 1.165) is 48.0 Å². The van der Waals surface area contributed by atoms with Crippen molar-refractivity contribution in [3.8, 4) is 0 Å². The second-order valence-corrected chi connectivity index (χ2v) is 11.4. The van der Waals surface area contributed by atoms with Crippen molar-refractivity contribution >= 4 is 33.0 Å². The average Bonchev–Trinajstić information content (AvgIpc) is 3.51. The van der Waals surface area contributed by atoms with Crippen LogP contribution < -0.4 is 4.31 Å². The van der Waals surface area contributed by atoms with Crippen molar-refractivity contribution in [2.45, 2.75) is 31.2 Å². The molecule has 2 aromatic carbocycles. The minimum Gasteiger partial charge on any atom is -0.336 e. The number of hydrogen-bond donors (Lipinski definition) is 0. The molecular weight excluding hydrogens is 468 g/mol. The van der Waals surface area contributed by atoms with Crippen LogP contribution in [-0.2, 0) is 29.4 Å². The monoisotopic (exact) mass is 496 g/mol. The second kappa shape index (κ2) is 9.48. The molecule has 2 aliphatic heterocycles. The molecule has 1 amide bonds. The molecule has 0 radical (unpaired) electrons. The van der Waals surface area contributed by atoms with Crippen LogP contribution in [0.4, 0.5) is 5.69 Å². The normalized spacial score (nSPS) is 16.6. The highest BCUT2D eigenvalue weighted by molar-refractivity contribution is 7.92. The number of fused-ring (bicyclic) bond motifs is 1. The van der Waals surface area contributed by atoms with Crippen LogP contribution in [0.3, 0.4) is 0 Å². The summed E-state index contributed by atoms with van der Waals surface area (Å²) in [5.74, 6) is -0.125. The zero-order chi connectivity index (χ0) is 23.7. The fourth-order valence-electron chi connectivity index (χ4n) is 4.58. The van der Waals surface area contributed by atoms with Gasteiger partial charge in [0.05, 0.1) is 21.3 Å². The van der Waals surface area contributed by atoms with E-state index in [2.05, 4.69) is 22.2 Å². The molecule has 178 valence electrons. The van der Waals surface area contributed by atoms with Crippen LogP contribution in [0, 0.1) is 0 Å². The first-order valence-corrected chi connectivity index (χ1v) is 13.9. The fourth-order valence-corrected chi connectivity index (χ4v) is 6.86. The molecule has 5 rings (SSSR count). The lowest BCUT2D eigenvalue weighted by atomic mass is 10.2. The number of hydrogen-bond acceptors (Lipinski definition) is 6. The van der Waals surface area contributed by atoms with Gasteiger partial charge in [-0.1, -0.05) is 31.2 Å². The van der Waals surface area contributed by atoms with Crippen molar-refractivity contribution in [2.24, 2.45) is 0 Å². The van der Waals surface area contributed by atoms with E-state index in [1.54, 1.807) is 29.5 Å². The minimum atomic E-state index is -3.73. The Hall–Kier alpha value is -2.75. The van der Waals surface area contributed by atoms with E-state index in [1.807, 2.05) is 29.2 Å². The summed E-state index contributed by atoms with van der Waals surface area (Å²) in [5.41, 5.74) is 3.25. The second-order valence-electron chi connectivity index (χ2n) is 8.64. The Morgan fingerprint density at radius 1 is 1.03 bits per heavy atom. The van der Waals surface area contributed by atoms with E-state index >= 15 is 0 Å². The van der Waals surface area contributed by atoms with Gasteiger partial charge in [0.15, 0.2) is 0 Å². The highest BCUT2D eigenvalue weighted by Gasteiger charge is 2.31. The number of anilines is 1. The van der Waals surface area contributed by atoms with Crippen LogP contribution in [-0.4, -0.2) is 61.8 Å². The predicted molar refractivity (Wildman–Crippen MR) is 134 cm³/mol. The number of aromatic nitrogens is 1. The molecule has 0 N–H and O–H groups in total. The van der Waals surface area contributed by atoms with Crippen molar-refractivity contribution in [3.63, 3.8) is 0 Å². The summed E-state index contributed by atoms with van der Waals surface area (Å²) < 4.78 is 28.2. The van der Waals surface area contributed by atoms with Crippen LogP contribution >= 0.6 is 11.3 Å². The summed E-state index contributed by atoms with van der Waals surface area (Å²) in [4.78, 5) is 22.1. The Morgan fingerprint density at radius 2 is 1.82 bits per heavy atom. The SMILES string of the molecule is CCc1nc(CN2CCN(C(=O)c3cccc(S(=O)(=O)N4CCc5ccccc54)c3)CC2)cs1. The predicted octanol–water partition coefficient (Wildman–Crippen LogP) is 3.41. The molecule has 0 saturated carbocycles. The lowest BCUT2D eigenvalue weighted by molar-refractivity contribution is 0.0627. The number of nitrogens with zero attached hydrogens (tertiary/aromatic N) is 4. The number of piperazine rings is 1. The number of thiazole rings is 1. The van der Waals surface area contributed by atoms with E-state index in [0.29, 0.717) is 31.6 Å². The Labute approximate surface area is 204 Å². The number of rotatable bonds is 6. The first kappa shape index (κ1) is 23.0. The molecule has 0 atom stereocenters. The molecule has 3 heterocycles. The van der Waals surface area contributed by atoms with Gasteiger partial charge in [-0.3, -0.25) is 14.0 Å². The molecule has 0 unspecified atom stereocenters. The smallest absolute Gasteiger partial charge is 0.264 e. The molecule has 7 nitrogen and oxygen atoms in total. The van der Waals surface area contributed by atoms with E-state index < -0.39 is 10.0 Å². The summed E-state index contributed by atoms with van der Waals surface area (Å²) in [6, 6.07) is 14.0. The van der Waals surface area contributed by atoms with Gasteiger partial charge in [0.2, 0.25) is 0 Å². The molecule has 34 heavy (non-hydrogen) atoms. The Morgan fingerprint density at radius 3 is 2.59 bits per heavy atom. The maximum Gasteiger partial charge on any atom is 0.264 e. The molecule has 0 aliphatic carbocycles. The first-order chi connectivity index (χ1) is 16.5. The number of amides is 1. The molecule has 9 heteroatoms. The molecule has 1 aromatic heterocycles. The third kappa shape index (κ3) is 4.47. The molecular formula is C25H28N4O3S2. The summed E-state index contributed by atoms with van der Waals surface area (Å²) in [6.07, 6.45) is 1.64. The van der Waals surface area contributed by atoms with Crippen LogP contribution in [0.15, 0.2) is 58.8 Å². The molecule has 1 fully saturated rings. The maximum atomic E-state index is 13.4. The van der Waals surface area contributed by atoms with Crippen LogP contribution in [0.25, 0.3) is 0 Å². The standard InChI is InChI=1S/C25H28N4O3S2/c1-2-24-26-21(18-33-24)17-27-12-14-28(15-13-27)25(30)20-7-5-8-22(16-20)34(31,32)29-11-10-19-6-3-4-9-23(19)29/h3-9,16,18H,2,10-15,17H2,1H3. The third-order valence-electron chi connectivity index (χ3n) is 6.46. The van der Waals surface area contributed by atoms with Gasteiger partial charge < -0.3 is 4.90 Å². The number of para-hydroxylation sites is 1. The van der Waals surface area contributed by atoms with Crippen molar-refractivity contribution in [2.75, 3.05) is 37.0 Å². The number of sulfonamides is 1. The summed E-state index contributed by atoms with van der Waals surface area (Å²) in [5, 5.41) is 3.26. The summed E-state index contributed by atoms with van der Waals surface area (Å²) in [6.45, 7) is 6.09. The number of carbonyl (C=O) groups is 1. The Kier molecular flexibility index (Phi) is 6.42. The number of carbonyl (C=O) groups excluding carboxylic acids is 1. The lowest BCUT2D eigenvalue weighted by Gasteiger charge is -2.34.